The van der Waals surface area contributed by atoms with Crippen molar-refractivity contribution >= 4 is 27.2 Å². The second kappa shape index (κ2) is 9.60. The third-order valence-corrected chi connectivity index (χ3v) is 8.50. The van der Waals surface area contributed by atoms with Gasteiger partial charge in [-0.2, -0.15) is 0 Å². The number of phenols is 1. The number of sulfonamides is 1. The molecule has 0 saturated heterocycles. The van der Waals surface area contributed by atoms with Crippen LogP contribution in [0.25, 0.3) is 11.1 Å². The first-order valence-electron chi connectivity index (χ1n) is 12.9. The molecule has 0 fully saturated rings. The number of hydrogen-bond acceptors (Lipinski definition) is 6. The molecule has 1 heterocycles. The number of hydrogen-bond donors (Lipinski definition) is 5. The van der Waals surface area contributed by atoms with Gasteiger partial charge in [0.2, 0.25) is 10.0 Å². The molecule has 1 aliphatic heterocycles. The van der Waals surface area contributed by atoms with E-state index in [0.29, 0.717) is 17.0 Å². The lowest BCUT2D eigenvalue weighted by molar-refractivity contribution is 0.370. The minimum absolute atomic E-state index is 0.0214. The highest BCUT2D eigenvalue weighted by molar-refractivity contribution is 7.92. The van der Waals surface area contributed by atoms with Crippen molar-refractivity contribution in [2.75, 3.05) is 23.4 Å². The van der Waals surface area contributed by atoms with Gasteiger partial charge in [-0.15, -0.1) is 0 Å². The molecule has 204 valence electrons. The maximum atomic E-state index is 11.7. The third kappa shape index (κ3) is 4.52. The molecule has 6 rings (SSSR count). The van der Waals surface area contributed by atoms with Crippen molar-refractivity contribution in [2.45, 2.75) is 18.4 Å². The van der Waals surface area contributed by atoms with Gasteiger partial charge in [-0.1, -0.05) is 36.4 Å². The van der Waals surface area contributed by atoms with Gasteiger partial charge >= 0.3 is 0 Å². The van der Waals surface area contributed by atoms with Crippen molar-refractivity contribution in [1.82, 2.24) is 0 Å². The number of amidine groups is 1. The molecular weight excluding hydrogens is 524 g/mol. The van der Waals surface area contributed by atoms with Crippen LogP contribution in [0.5, 0.6) is 11.5 Å². The third-order valence-electron chi connectivity index (χ3n) is 7.90. The average Bonchev–Trinajstić information content (AvgIpc) is 3.32. The van der Waals surface area contributed by atoms with Crippen LogP contribution in [0.3, 0.4) is 0 Å². The lowest BCUT2D eigenvalue weighted by Gasteiger charge is -2.39. The van der Waals surface area contributed by atoms with Gasteiger partial charge < -0.3 is 20.9 Å². The number of nitrogen functional groups attached to an aromatic ring is 1. The molecule has 9 heteroatoms. The van der Waals surface area contributed by atoms with Crippen LogP contribution >= 0.6 is 0 Å². The number of nitrogens with two attached hydrogens (primary N) is 1. The molecule has 3 unspecified atom stereocenters. The van der Waals surface area contributed by atoms with Crippen LogP contribution < -0.4 is 20.5 Å². The van der Waals surface area contributed by atoms with Gasteiger partial charge in [0.15, 0.2) is 11.5 Å². The van der Waals surface area contributed by atoms with Crippen molar-refractivity contribution in [3.05, 3.63) is 107 Å². The lowest BCUT2D eigenvalue weighted by atomic mass is 9.74. The Morgan fingerprint density at radius 3 is 2.48 bits per heavy atom. The van der Waals surface area contributed by atoms with E-state index in [9.17, 15) is 13.5 Å². The van der Waals surface area contributed by atoms with E-state index in [4.69, 9.17) is 15.9 Å². The van der Waals surface area contributed by atoms with E-state index in [1.165, 1.54) is 18.2 Å². The number of phenolic OH excluding ortho intramolecular Hbond substituents is 1. The normalized spacial score (nSPS) is 19.1. The van der Waals surface area contributed by atoms with E-state index in [1.54, 1.807) is 18.2 Å². The number of methoxy groups -OCH3 is 1. The van der Waals surface area contributed by atoms with E-state index in [1.807, 2.05) is 36.4 Å². The van der Waals surface area contributed by atoms with Gasteiger partial charge in [0.05, 0.1) is 19.4 Å². The summed E-state index contributed by atoms with van der Waals surface area (Å²) >= 11 is 0. The fourth-order valence-electron chi connectivity index (χ4n) is 6.22. The van der Waals surface area contributed by atoms with Crippen LogP contribution in [0.1, 0.15) is 39.8 Å². The van der Waals surface area contributed by atoms with Crippen LogP contribution in [0.15, 0.2) is 78.9 Å². The van der Waals surface area contributed by atoms with Crippen LogP contribution in [-0.2, 0) is 16.4 Å². The van der Waals surface area contributed by atoms with Gasteiger partial charge in [-0.3, -0.25) is 10.1 Å². The summed E-state index contributed by atoms with van der Waals surface area (Å²) in [5, 5.41) is 22.5. The standard InChI is InChI=1S/C31H30N4O4S/c1-39-28-16-23(22(15-27(28)36)17-7-10-20(11-8-17)35-40(2,37)38)30-25-13-18-5-3-4-6-21(18)29(25)24-14-19(31(32)33)9-12-26(24)34-30/h3-12,14-16,25,29-30,34-36H,13H2,1-2H3,(H3,32,33). The summed E-state index contributed by atoms with van der Waals surface area (Å²) in [4.78, 5) is 0. The zero-order valence-corrected chi connectivity index (χ0v) is 22.9. The Hall–Kier alpha value is -4.50. The van der Waals surface area contributed by atoms with Gasteiger partial charge in [0, 0.05) is 22.9 Å². The van der Waals surface area contributed by atoms with Crippen molar-refractivity contribution < 1.29 is 18.3 Å². The van der Waals surface area contributed by atoms with E-state index >= 15 is 0 Å². The number of benzene rings is 4. The number of ether oxygens (including phenoxy) is 1. The Morgan fingerprint density at radius 2 is 1.77 bits per heavy atom. The highest BCUT2D eigenvalue weighted by Gasteiger charge is 2.44. The van der Waals surface area contributed by atoms with Crippen molar-refractivity contribution in [3.63, 3.8) is 0 Å². The van der Waals surface area contributed by atoms with E-state index in [-0.39, 0.29) is 29.5 Å². The van der Waals surface area contributed by atoms with Crippen molar-refractivity contribution in [3.8, 4) is 22.6 Å². The fraction of sp³-hybridized carbons (Fsp3) is 0.194. The maximum absolute atomic E-state index is 11.7. The molecule has 1 aliphatic carbocycles. The fourth-order valence-corrected chi connectivity index (χ4v) is 6.79. The maximum Gasteiger partial charge on any atom is 0.229 e. The molecule has 40 heavy (non-hydrogen) atoms. The monoisotopic (exact) mass is 554 g/mol. The van der Waals surface area contributed by atoms with Crippen LogP contribution in [0.2, 0.25) is 0 Å². The number of fused-ring (bicyclic) bond motifs is 5. The Balaban J connectivity index is 1.51. The van der Waals surface area contributed by atoms with E-state index < -0.39 is 10.0 Å². The van der Waals surface area contributed by atoms with Crippen molar-refractivity contribution in [1.29, 1.82) is 5.41 Å². The first kappa shape index (κ1) is 25.8. The summed E-state index contributed by atoms with van der Waals surface area (Å²) in [6.45, 7) is 0. The summed E-state index contributed by atoms with van der Waals surface area (Å²) in [5.41, 5.74) is 14.3. The molecule has 0 aromatic heterocycles. The van der Waals surface area contributed by atoms with E-state index in [0.717, 1.165) is 40.6 Å². The summed E-state index contributed by atoms with van der Waals surface area (Å²) in [5.74, 6) is 0.665. The molecule has 4 aromatic rings. The Morgan fingerprint density at radius 1 is 1.02 bits per heavy atom. The second-order valence-electron chi connectivity index (χ2n) is 10.4. The lowest BCUT2D eigenvalue weighted by Crippen LogP contribution is -2.31. The summed E-state index contributed by atoms with van der Waals surface area (Å²) in [6.07, 6.45) is 1.96. The molecule has 0 spiro atoms. The molecule has 0 radical (unpaired) electrons. The smallest absolute Gasteiger partial charge is 0.229 e. The molecule has 3 atom stereocenters. The molecule has 0 bridgehead atoms. The SMILES string of the molecule is COc1cc(C2Nc3ccc(C(=N)N)cc3C3c4ccccc4CC23)c(-c2ccc(NS(C)(=O)=O)cc2)cc1O. The molecule has 0 amide bonds. The van der Waals surface area contributed by atoms with Crippen LogP contribution in [0, 0.1) is 11.3 Å². The summed E-state index contributed by atoms with van der Waals surface area (Å²) in [6, 6.07) is 24.9. The van der Waals surface area contributed by atoms with Crippen LogP contribution in [0.4, 0.5) is 11.4 Å². The second-order valence-corrected chi connectivity index (χ2v) is 12.2. The predicted molar refractivity (Wildman–Crippen MR) is 158 cm³/mol. The highest BCUT2D eigenvalue weighted by atomic mass is 32.2. The molecule has 0 saturated carbocycles. The first-order chi connectivity index (χ1) is 19.1. The molecule has 6 N–H and O–H groups in total. The number of rotatable bonds is 6. The largest absolute Gasteiger partial charge is 0.504 e. The Labute approximate surface area is 233 Å². The van der Waals surface area contributed by atoms with Gasteiger partial charge in [-0.05, 0) is 88.2 Å². The molecule has 8 nitrogen and oxygen atoms in total. The van der Waals surface area contributed by atoms with Crippen molar-refractivity contribution in [2.24, 2.45) is 11.7 Å². The van der Waals surface area contributed by atoms with Gasteiger partial charge in [0.25, 0.3) is 0 Å². The number of aromatic hydroxyl groups is 1. The topological polar surface area (TPSA) is 138 Å². The number of nitrogens with one attached hydrogen (secondary N) is 3. The molecule has 2 aliphatic rings. The minimum Gasteiger partial charge on any atom is -0.504 e. The molecular formula is C31H30N4O4S. The number of anilines is 2. The Kier molecular flexibility index (Phi) is 6.18. The van der Waals surface area contributed by atoms with Crippen LogP contribution in [-0.4, -0.2) is 32.7 Å². The predicted octanol–water partition coefficient (Wildman–Crippen LogP) is 5.19. The quantitative estimate of drug-likeness (QED) is 0.164. The zero-order valence-electron chi connectivity index (χ0n) is 22.1. The average molecular weight is 555 g/mol. The van der Waals surface area contributed by atoms with Gasteiger partial charge in [-0.25, -0.2) is 8.42 Å². The summed E-state index contributed by atoms with van der Waals surface area (Å²) in [7, 11) is -1.87. The Bertz CT molecular complexity index is 1750. The highest BCUT2D eigenvalue weighted by Crippen LogP contribution is 2.55. The van der Waals surface area contributed by atoms with Gasteiger partial charge in [0.1, 0.15) is 5.84 Å². The minimum atomic E-state index is -3.41. The zero-order chi connectivity index (χ0) is 28.2. The summed E-state index contributed by atoms with van der Waals surface area (Å²) < 4.78 is 31.4. The molecule has 4 aromatic carbocycles. The van der Waals surface area contributed by atoms with E-state index in [2.05, 4.69) is 34.3 Å². The first-order valence-corrected chi connectivity index (χ1v) is 14.8.